The lowest BCUT2D eigenvalue weighted by atomic mass is 10.0. The lowest BCUT2D eigenvalue weighted by Gasteiger charge is -2.33. The van der Waals surface area contributed by atoms with Crippen molar-refractivity contribution in [1.29, 1.82) is 0 Å². The van der Waals surface area contributed by atoms with Gasteiger partial charge in [0.05, 0.1) is 5.39 Å². The fourth-order valence-corrected chi connectivity index (χ4v) is 3.95. The van der Waals surface area contributed by atoms with Gasteiger partial charge in [0.2, 0.25) is 0 Å². The largest absolute Gasteiger partial charge is 0.367 e. The molecule has 0 bridgehead atoms. The third-order valence-corrected chi connectivity index (χ3v) is 5.35. The first-order chi connectivity index (χ1) is 13.1. The standard InChI is InChI=1S/C22H29N5/c1-16(2)14-26-11-8-18(9-12-26)25-21-20-10-13-27(22(20)24-15-23-21)19-6-4-17(3)5-7-19/h4-7,10,13,15-16,18H,8-9,11-12,14H2,1-3H3,(H,23,24,25). The average molecular weight is 364 g/mol. The van der Waals surface area contributed by atoms with Crippen molar-refractivity contribution >= 4 is 16.9 Å². The minimum atomic E-state index is 0.481. The smallest absolute Gasteiger partial charge is 0.150 e. The van der Waals surface area contributed by atoms with Crippen LogP contribution in [0.2, 0.25) is 0 Å². The fourth-order valence-electron chi connectivity index (χ4n) is 3.95. The highest BCUT2D eigenvalue weighted by molar-refractivity contribution is 5.88. The zero-order valence-corrected chi connectivity index (χ0v) is 16.5. The molecule has 0 spiro atoms. The fraction of sp³-hybridized carbons (Fsp3) is 0.455. The molecule has 4 rings (SSSR count). The Labute approximate surface area is 161 Å². The molecule has 27 heavy (non-hydrogen) atoms. The molecule has 3 aromatic rings. The number of likely N-dealkylation sites (tertiary alicyclic amines) is 1. The molecule has 142 valence electrons. The molecule has 0 atom stereocenters. The summed E-state index contributed by atoms with van der Waals surface area (Å²) in [5.74, 6) is 1.69. The number of rotatable bonds is 5. The van der Waals surface area contributed by atoms with Crippen molar-refractivity contribution in [2.75, 3.05) is 25.0 Å². The number of nitrogens with zero attached hydrogens (tertiary/aromatic N) is 4. The van der Waals surface area contributed by atoms with Crippen LogP contribution in [0.1, 0.15) is 32.3 Å². The first-order valence-corrected chi connectivity index (χ1v) is 9.98. The minimum absolute atomic E-state index is 0.481. The number of nitrogens with one attached hydrogen (secondary N) is 1. The maximum absolute atomic E-state index is 4.54. The Kier molecular flexibility index (Phi) is 5.12. The molecule has 2 aromatic heterocycles. The number of benzene rings is 1. The normalized spacial score (nSPS) is 16.3. The predicted octanol–water partition coefficient (Wildman–Crippen LogP) is 4.26. The predicted molar refractivity (Wildman–Crippen MR) is 112 cm³/mol. The molecular formula is C22H29N5. The Morgan fingerprint density at radius 2 is 1.81 bits per heavy atom. The van der Waals surface area contributed by atoms with Crippen LogP contribution in [0.15, 0.2) is 42.9 Å². The lowest BCUT2D eigenvalue weighted by Crippen LogP contribution is -2.40. The topological polar surface area (TPSA) is 46.0 Å². The second-order valence-corrected chi connectivity index (χ2v) is 8.09. The molecule has 5 nitrogen and oxygen atoms in total. The van der Waals surface area contributed by atoms with Crippen LogP contribution in [-0.2, 0) is 0 Å². The van der Waals surface area contributed by atoms with Gasteiger partial charge in [0.25, 0.3) is 0 Å². The summed E-state index contributed by atoms with van der Waals surface area (Å²) < 4.78 is 2.13. The van der Waals surface area contributed by atoms with Crippen LogP contribution in [-0.4, -0.2) is 45.1 Å². The molecule has 0 saturated carbocycles. The molecular weight excluding hydrogens is 334 g/mol. The van der Waals surface area contributed by atoms with E-state index in [1.807, 2.05) is 0 Å². The molecule has 1 N–H and O–H groups in total. The highest BCUT2D eigenvalue weighted by atomic mass is 15.2. The second kappa shape index (κ2) is 7.69. The van der Waals surface area contributed by atoms with Crippen LogP contribution in [0.25, 0.3) is 16.7 Å². The third kappa shape index (κ3) is 3.98. The van der Waals surface area contributed by atoms with E-state index in [1.54, 1.807) is 6.33 Å². The number of aromatic nitrogens is 3. The molecule has 0 aliphatic carbocycles. The molecule has 1 aromatic carbocycles. The van der Waals surface area contributed by atoms with Gasteiger partial charge in [0.15, 0.2) is 0 Å². The first kappa shape index (κ1) is 18.0. The molecule has 1 aliphatic heterocycles. The van der Waals surface area contributed by atoms with Crippen molar-refractivity contribution < 1.29 is 0 Å². The van der Waals surface area contributed by atoms with Crippen molar-refractivity contribution in [3.63, 3.8) is 0 Å². The van der Waals surface area contributed by atoms with Gasteiger partial charge in [-0.3, -0.25) is 0 Å². The zero-order chi connectivity index (χ0) is 18.8. The Balaban J connectivity index is 1.51. The monoisotopic (exact) mass is 363 g/mol. The van der Waals surface area contributed by atoms with Crippen molar-refractivity contribution in [2.45, 2.75) is 39.7 Å². The molecule has 5 heteroatoms. The van der Waals surface area contributed by atoms with E-state index in [0.717, 1.165) is 54.4 Å². The van der Waals surface area contributed by atoms with Crippen molar-refractivity contribution in [1.82, 2.24) is 19.4 Å². The number of fused-ring (bicyclic) bond motifs is 1. The molecule has 0 radical (unpaired) electrons. The molecule has 0 amide bonds. The lowest BCUT2D eigenvalue weighted by molar-refractivity contribution is 0.198. The summed E-state index contributed by atoms with van der Waals surface area (Å²) in [5, 5.41) is 4.77. The summed E-state index contributed by atoms with van der Waals surface area (Å²) in [7, 11) is 0. The molecule has 1 fully saturated rings. The number of hydrogen-bond acceptors (Lipinski definition) is 4. The van der Waals surface area contributed by atoms with Crippen LogP contribution in [0.3, 0.4) is 0 Å². The van der Waals surface area contributed by atoms with Crippen LogP contribution in [0.5, 0.6) is 0 Å². The summed E-state index contributed by atoms with van der Waals surface area (Å²) in [4.78, 5) is 11.7. The van der Waals surface area contributed by atoms with E-state index in [-0.39, 0.29) is 0 Å². The molecule has 1 saturated heterocycles. The highest BCUT2D eigenvalue weighted by Gasteiger charge is 2.21. The Morgan fingerprint density at radius 1 is 1.07 bits per heavy atom. The van der Waals surface area contributed by atoms with E-state index < -0.39 is 0 Å². The number of piperidine rings is 1. The number of anilines is 1. The third-order valence-electron chi connectivity index (χ3n) is 5.35. The Hall–Kier alpha value is -2.40. The summed E-state index contributed by atoms with van der Waals surface area (Å²) >= 11 is 0. The van der Waals surface area contributed by atoms with E-state index in [1.165, 1.54) is 12.1 Å². The van der Waals surface area contributed by atoms with Crippen LogP contribution < -0.4 is 5.32 Å². The van der Waals surface area contributed by atoms with Gasteiger partial charge in [-0.1, -0.05) is 31.5 Å². The highest BCUT2D eigenvalue weighted by Crippen LogP contribution is 2.25. The van der Waals surface area contributed by atoms with Gasteiger partial charge < -0.3 is 14.8 Å². The van der Waals surface area contributed by atoms with Crippen LogP contribution >= 0.6 is 0 Å². The summed E-state index contributed by atoms with van der Waals surface area (Å²) in [6.07, 6.45) is 6.08. The average Bonchev–Trinajstić information content (AvgIpc) is 3.09. The van der Waals surface area contributed by atoms with Crippen molar-refractivity contribution in [3.05, 3.63) is 48.4 Å². The zero-order valence-electron chi connectivity index (χ0n) is 16.5. The Morgan fingerprint density at radius 3 is 2.52 bits per heavy atom. The van der Waals surface area contributed by atoms with Gasteiger partial charge >= 0.3 is 0 Å². The van der Waals surface area contributed by atoms with Gasteiger partial charge in [0.1, 0.15) is 17.8 Å². The van der Waals surface area contributed by atoms with Crippen molar-refractivity contribution in [2.24, 2.45) is 5.92 Å². The van der Waals surface area contributed by atoms with E-state index in [2.05, 4.69) is 82.1 Å². The summed E-state index contributed by atoms with van der Waals surface area (Å²) in [6.45, 7) is 10.2. The quantitative estimate of drug-likeness (QED) is 0.736. The minimum Gasteiger partial charge on any atom is -0.367 e. The van der Waals surface area contributed by atoms with Crippen LogP contribution in [0, 0.1) is 12.8 Å². The van der Waals surface area contributed by atoms with E-state index in [4.69, 9.17) is 0 Å². The van der Waals surface area contributed by atoms with E-state index in [0.29, 0.717) is 6.04 Å². The van der Waals surface area contributed by atoms with Gasteiger partial charge in [-0.15, -0.1) is 0 Å². The van der Waals surface area contributed by atoms with E-state index in [9.17, 15) is 0 Å². The van der Waals surface area contributed by atoms with Crippen LogP contribution in [0.4, 0.5) is 5.82 Å². The van der Waals surface area contributed by atoms with Gasteiger partial charge in [-0.2, -0.15) is 0 Å². The van der Waals surface area contributed by atoms with Gasteiger partial charge in [0, 0.05) is 37.6 Å². The molecule has 1 aliphatic rings. The van der Waals surface area contributed by atoms with Gasteiger partial charge in [-0.25, -0.2) is 9.97 Å². The van der Waals surface area contributed by atoms with Gasteiger partial charge in [-0.05, 0) is 43.9 Å². The Bertz CT molecular complexity index is 889. The summed E-state index contributed by atoms with van der Waals surface area (Å²) in [5.41, 5.74) is 3.34. The first-order valence-electron chi connectivity index (χ1n) is 9.98. The number of aryl methyl sites for hydroxylation is 1. The second-order valence-electron chi connectivity index (χ2n) is 8.09. The number of hydrogen-bond donors (Lipinski definition) is 1. The van der Waals surface area contributed by atoms with E-state index >= 15 is 0 Å². The molecule has 0 unspecified atom stereocenters. The SMILES string of the molecule is Cc1ccc(-n2ccc3c(NC4CCN(CC(C)C)CC4)ncnc32)cc1. The molecule has 3 heterocycles. The maximum atomic E-state index is 4.54. The maximum Gasteiger partial charge on any atom is 0.150 e. The summed E-state index contributed by atoms with van der Waals surface area (Å²) in [6, 6.07) is 11.1. The van der Waals surface area contributed by atoms with Crippen molar-refractivity contribution in [3.8, 4) is 5.69 Å².